The van der Waals surface area contributed by atoms with Crippen molar-refractivity contribution in [3.8, 4) is 5.75 Å². The molecule has 0 aliphatic rings. The molecule has 0 bridgehead atoms. The Bertz CT molecular complexity index is 881. The van der Waals surface area contributed by atoms with E-state index in [0.717, 1.165) is 34.7 Å². The Hall–Kier alpha value is -2.54. The van der Waals surface area contributed by atoms with E-state index in [0.29, 0.717) is 12.2 Å². The molecule has 7 heteroatoms. The number of sulfonamides is 1. The lowest BCUT2D eigenvalue weighted by atomic mass is 10.1. The predicted molar refractivity (Wildman–Crippen MR) is 117 cm³/mol. The fourth-order valence-corrected chi connectivity index (χ4v) is 4.22. The third kappa shape index (κ3) is 7.09. The van der Waals surface area contributed by atoms with Crippen molar-refractivity contribution < 1.29 is 17.9 Å². The third-order valence-corrected chi connectivity index (χ3v) is 5.58. The number of amides is 1. The number of rotatable bonds is 10. The van der Waals surface area contributed by atoms with Crippen LogP contribution in [0.4, 0.5) is 5.69 Å². The van der Waals surface area contributed by atoms with Crippen LogP contribution in [0.25, 0.3) is 0 Å². The molecule has 0 aliphatic heterocycles. The molecule has 0 unspecified atom stereocenters. The Labute approximate surface area is 173 Å². The van der Waals surface area contributed by atoms with E-state index in [9.17, 15) is 13.2 Å². The van der Waals surface area contributed by atoms with Crippen molar-refractivity contribution in [1.82, 2.24) is 5.32 Å². The second-order valence-electron chi connectivity index (χ2n) is 7.28. The van der Waals surface area contributed by atoms with Crippen molar-refractivity contribution in [1.29, 1.82) is 0 Å². The van der Waals surface area contributed by atoms with Gasteiger partial charge in [-0.2, -0.15) is 0 Å². The van der Waals surface area contributed by atoms with Gasteiger partial charge < -0.3 is 10.1 Å². The van der Waals surface area contributed by atoms with Crippen molar-refractivity contribution >= 4 is 21.6 Å². The molecule has 6 nitrogen and oxygen atoms in total. The van der Waals surface area contributed by atoms with Crippen LogP contribution in [-0.2, 0) is 21.2 Å². The molecule has 1 atom stereocenters. The van der Waals surface area contributed by atoms with E-state index in [2.05, 4.69) is 5.32 Å². The van der Waals surface area contributed by atoms with Crippen LogP contribution < -0.4 is 14.4 Å². The van der Waals surface area contributed by atoms with Crippen molar-refractivity contribution in [2.75, 3.05) is 17.1 Å². The van der Waals surface area contributed by atoms with Gasteiger partial charge in [-0.05, 0) is 63.4 Å². The summed E-state index contributed by atoms with van der Waals surface area (Å²) in [7, 11) is -3.59. The van der Waals surface area contributed by atoms with Crippen LogP contribution in [0, 0.1) is 0 Å². The number of aryl methyl sites for hydroxylation is 1. The Balaban J connectivity index is 1.87. The topological polar surface area (TPSA) is 75.7 Å². The average molecular weight is 419 g/mol. The van der Waals surface area contributed by atoms with Crippen LogP contribution in [0.3, 0.4) is 0 Å². The zero-order valence-corrected chi connectivity index (χ0v) is 18.3. The molecule has 1 amide bonds. The molecule has 0 saturated heterocycles. The molecule has 2 aromatic carbocycles. The number of hydrogen-bond donors (Lipinski definition) is 1. The zero-order valence-electron chi connectivity index (χ0n) is 17.5. The normalized spacial score (nSPS) is 12.4. The van der Waals surface area contributed by atoms with Crippen molar-refractivity contribution in [3.63, 3.8) is 0 Å². The van der Waals surface area contributed by atoms with Gasteiger partial charge in [-0.25, -0.2) is 8.42 Å². The number of hydrogen-bond acceptors (Lipinski definition) is 4. The minimum Gasteiger partial charge on any atom is -0.491 e. The summed E-state index contributed by atoms with van der Waals surface area (Å²) in [5.41, 5.74) is 1.63. The van der Waals surface area contributed by atoms with Crippen LogP contribution in [0.2, 0.25) is 0 Å². The van der Waals surface area contributed by atoms with E-state index < -0.39 is 16.1 Å². The summed E-state index contributed by atoms with van der Waals surface area (Å²) < 4.78 is 31.2. The van der Waals surface area contributed by atoms with Crippen LogP contribution in [0.1, 0.15) is 32.8 Å². The number of para-hydroxylation sites is 1. The quantitative estimate of drug-likeness (QED) is 0.600. The number of nitrogens with one attached hydrogen (secondary N) is 1. The monoisotopic (exact) mass is 418 g/mol. The van der Waals surface area contributed by atoms with Gasteiger partial charge in [0.15, 0.2) is 0 Å². The molecule has 0 heterocycles. The van der Waals surface area contributed by atoms with Crippen molar-refractivity contribution in [2.24, 2.45) is 0 Å². The Kier molecular flexibility index (Phi) is 8.08. The number of carbonyl (C=O) groups is 1. The third-order valence-electron chi connectivity index (χ3n) is 4.34. The summed E-state index contributed by atoms with van der Waals surface area (Å²) in [6.45, 7) is 6.04. The molecule has 158 valence electrons. The second kappa shape index (κ2) is 10.3. The van der Waals surface area contributed by atoms with Crippen LogP contribution in [-0.4, -0.2) is 39.3 Å². The van der Waals surface area contributed by atoms with Crippen molar-refractivity contribution in [2.45, 2.75) is 45.8 Å². The number of ether oxygens (including phenoxy) is 1. The van der Waals surface area contributed by atoms with E-state index in [-0.39, 0.29) is 12.0 Å². The fraction of sp³-hybridized carbons (Fsp3) is 0.409. The molecule has 0 fully saturated rings. The highest BCUT2D eigenvalue weighted by Gasteiger charge is 2.28. The highest BCUT2D eigenvalue weighted by molar-refractivity contribution is 7.92. The van der Waals surface area contributed by atoms with E-state index in [4.69, 9.17) is 4.74 Å². The van der Waals surface area contributed by atoms with Crippen LogP contribution in [0.15, 0.2) is 54.6 Å². The lowest BCUT2D eigenvalue weighted by Gasteiger charge is -2.28. The molecule has 0 radical (unpaired) electrons. The first-order valence-electron chi connectivity index (χ1n) is 9.76. The molecular weight excluding hydrogens is 388 g/mol. The van der Waals surface area contributed by atoms with Crippen molar-refractivity contribution in [3.05, 3.63) is 60.2 Å². The van der Waals surface area contributed by atoms with E-state index in [1.54, 1.807) is 37.3 Å². The van der Waals surface area contributed by atoms with Crippen LogP contribution >= 0.6 is 0 Å². The first-order chi connectivity index (χ1) is 13.7. The maximum atomic E-state index is 12.5. The standard InChI is InChI=1S/C22H30N2O4S/c1-17(2)28-21-14-12-19(13-15-21)9-8-16-23-22(25)18(3)24(29(4,26)27)20-10-6-5-7-11-20/h5-7,10-15,17-18H,8-9,16H2,1-4H3,(H,23,25)/t18-/m1/s1. The number of nitrogens with zero attached hydrogens (tertiary/aromatic N) is 1. The molecule has 29 heavy (non-hydrogen) atoms. The lowest BCUT2D eigenvalue weighted by Crippen LogP contribution is -2.48. The number of benzene rings is 2. The van der Waals surface area contributed by atoms with Gasteiger partial charge in [0.05, 0.1) is 18.0 Å². The average Bonchev–Trinajstić information content (AvgIpc) is 2.65. The molecule has 0 saturated carbocycles. The van der Waals surface area contributed by atoms with E-state index in [1.807, 2.05) is 38.1 Å². The summed E-state index contributed by atoms with van der Waals surface area (Å²) in [6.07, 6.45) is 2.81. The highest BCUT2D eigenvalue weighted by atomic mass is 32.2. The maximum Gasteiger partial charge on any atom is 0.243 e. The summed E-state index contributed by atoms with van der Waals surface area (Å²) in [5, 5.41) is 2.84. The van der Waals surface area contributed by atoms with E-state index in [1.165, 1.54) is 0 Å². The van der Waals surface area contributed by atoms with E-state index >= 15 is 0 Å². The molecule has 1 N–H and O–H groups in total. The summed E-state index contributed by atoms with van der Waals surface area (Å²) in [5.74, 6) is 0.521. The van der Waals surface area contributed by atoms with Gasteiger partial charge in [-0.3, -0.25) is 9.10 Å². The smallest absolute Gasteiger partial charge is 0.243 e. The van der Waals surface area contributed by atoms with Gasteiger partial charge in [-0.1, -0.05) is 30.3 Å². The molecule has 0 aliphatic carbocycles. The summed E-state index contributed by atoms with van der Waals surface area (Å²) in [6, 6.07) is 15.7. The predicted octanol–water partition coefficient (Wildman–Crippen LogP) is 3.38. The molecular formula is C22H30N2O4S. The first-order valence-corrected chi connectivity index (χ1v) is 11.6. The highest BCUT2D eigenvalue weighted by Crippen LogP contribution is 2.20. The van der Waals surface area contributed by atoms with Gasteiger partial charge in [0.25, 0.3) is 0 Å². The summed E-state index contributed by atoms with van der Waals surface area (Å²) in [4.78, 5) is 12.5. The van der Waals surface area contributed by atoms with Crippen LogP contribution in [0.5, 0.6) is 5.75 Å². The van der Waals surface area contributed by atoms with Gasteiger partial charge in [0, 0.05) is 6.54 Å². The van der Waals surface area contributed by atoms with Gasteiger partial charge in [-0.15, -0.1) is 0 Å². The SMILES string of the molecule is CC(C)Oc1ccc(CCCNC(=O)[C@@H](C)N(c2ccccc2)S(C)(=O)=O)cc1. The zero-order chi connectivity index (χ0) is 21.4. The fourth-order valence-electron chi connectivity index (χ4n) is 3.04. The van der Waals surface area contributed by atoms with Gasteiger partial charge in [0.1, 0.15) is 11.8 Å². The summed E-state index contributed by atoms with van der Waals surface area (Å²) >= 11 is 0. The molecule has 2 rings (SSSR count). The van der Waals surface area contributed by atoms with Gasteiger partial charge >= 0.3 is 0 Å². The Morgan fingerprint density at radius 2 is 1.66 bits per heavy atom. The molecule has 0 aromatic heterocycles. The largest absolute Gasteiger partial charge is 0.491 e. The Morgan fingerprint density at radius 3 is 2.21 bits per heavy atom. The molecule has 0 spiro atoms. The maximum absolute atomic E-state index is 12.5. The first kappa shape index (κ1) is 22.7. The minimum atomic E-state index is -3.59. The lowest BCUT2D eigenvalue weighted by molar-refractivity contribution is -0.121. The second-order valence-corrected chi connectivity index (χ2v) is 9.13. The minimum absolute atomic E-state index is 0.139. The number of anilines is 1. The molecule has 2 aromatic rings. The van der Waals surface area contributed by atoms with Gasteiger partial charge in [0.2, 0.25) is 15.9 Å². The Morgan fingerprint density at radius 1 is 1.03 bits per heavy atom. The number of carbonyl (C=O) groups excluding carboxylic acids is 1.